The normalized spacial score (nSPS) is 11.3. The number of nitrogens with one attached hydrogen (secondary N) is 1. The molecule has 0 saturated heterocycles. The maximum absolute atomic E-state index is 12.0. The summed E-state index contributed by atoms with van der Waals surface area (Å²) >= 11 is 0. The van der Waals surface area contributed by atoms with Gasteiger partial charge in [-0.15, -0.1) is 0 Å². The standard InChI is InChI=1S/C22H24N6O6/c1-28(2)22(31)34-14-7-5-13(6-8-14)9-17(20(29)30)26-18-15(10-23-12-25-18)16-11-24-21(33-4)27-19(16)32-3/h5-8,10-12,17H,9H2,1-4H3,(H,29,30)(H,23,25,26)/t17-/m0/s1. The fraction of sp³-hybridized carbons (Fsp3) is 0.273. The van der Waals surface area contributed by atoms with Gasteiger partial charge in [0.15, 0.2) is 0 Å². The number of aliphatic carboxylic acids is 1. The molecule has 12 nitrogen and oxygen atoms in total. The van der Waals surface area contributed by atoms with Crippen LogP contribution < -0.4 is 19.5 Å². The third kappa shape index (κ3) is 5.85. The molecule has 34 heavy (non-hydrogen) atoms. The van der Waals surface area contributed by atoms with Crippen molar-refractivity contribution >= 4 is 17.9 Å². The molecule has 0 bridgehead atoms. The Morgan fingerprint density at radius 1 is 1.06 bits per heavy atom. The van der Waals surface area contributed by atoms with Gasteiger partial charge in [-0.05, 0) is 17.7 Å². The number of amides is 1. The summed E-state index contributed by atoms with van der Waals surface area (Å²) in [5.41, 5.74) is 1.63. The highest BCUT2D eigenvalue weighted by molar-refractivity contribution is 5.82. The van der Waals surface area contributed by atoms with Crippen LogP contribution in [0, 0.1) is 0 Å². The molecule has 1 aromatic carbocycles. The molecule has 0 unspecified atom stereocenters. The van der Waals surface area contributed by atoms with Crippen molar-refractivity contribution in [2.24, 2.45) is 0 Å². The van der Waals surface area contributed by atoms with Crippen LogP contribution in [0.3, 0.4) is 0 Å². The Bertz CT molecular complexity index is 1150. The first-order valence-electron chi connectivity index (χ1n) is 10.0. The average molecular weight is 468 g/mol. The Labute approximate surface area is 195 Å². The highest BCUT2D eigenvalue weighted by Crippen LogP contribution is 2.33. The molecule has 3 rings (SSSR count). The Balaban J connectivity index is 1.83. The van der Waals surface area contributed by atoms with Gasteiger partial charge in [0, 0.05) is 38.5 Å². The fourth-order valence-corrected chi connectivity index (χ4v) is 2.92. The third-order valence-corrected chi connectivity index (χ3v) is 4.65. The minimum atomic E-state index is -1.08. The van der Waals surface area contributed by atoms with Crippen molar-refractivity contribution in [3.05, 3.63) is 48.5 Å². The largest absolute Gasteiger partial charge is 0.480 e. The van der Waals surface area contributed by atoms with Crippen molar-refractivity contribution in [3.63, 3.8) is 0 Å². The van der Waals surface area contributed by atoms with E-state index in [1.54, 1.807) is 38.4 Å². The Morgan fingerprint density at radius 2 is 1.79 bits per heavy atom. The van der Waals surface area contributed by atoms with Crippen LogP contribution >= 0.6 is 0 Å². The smallest absolute Gasteiger partial charge is 0.414 e. The van der Waals surface area contributed by atoms with Crippen LogP contribution in [0.15, 0.2) is 43.0 Å². The zero-order valence-electron chi connectivity index (χ0n) is 19.1. The van der Waals surface area contributed by atoms with Gasteiger partial charge < -0.3 is 29.5 Å². The minimum Gasteiger partial charge on any atom is -0.480 e. The molecule has 0 aliphatic rings. The van der Waals surface area contributed by atoms with Gasteiger partial charge in [0.1, 0.15) is 23.9 Å². The van der Waals surface area contributed by atoms with Crippen molar-refractivity contribution < 1.29 is 28.9 Å². The van der Waals surface area contributed by atoms with Crippen LogP contribution in [-0.4, -0.2) is 76.4 Å². The number of anilines is 1. The highest BCUT2D eigenvalue weighted by atomic mass is 16.6. The van der Waals surface area contributed by atoms with E-state index in [1.807, 2.05) is 0 Å². The Morgan fingerprint density at radius 3 is 2.41 bits per heavy atom. The lowest BCUT2D eigenvalue weighted by Gasteiger charge is -2.18. The number of rotatable bonds is 9. The first kappa shape index (κ1) is 24.2. The summed E-state index contributed by atoms with van der Waals surface area (Å²) in [4.78, 5) is 41.5. The Kier molecular flexibility index (Phi) is 7.75. The van der Waals surface area contributed by atoms with E-state index in [4.69, 9.17) is 14.2 Å². The second-order valence-corrected chi connectivity index (χ2v) is 7.21. The van der Waals surface area contributed by atoms with E-state index >= 15 is 0 Å². The zero-order valence-corrected chi connectivity index (χ0v) is 19.1. The Hall–Kier alpha value is -4.48. The summed E-state index contributed by atoms with van der Waals surface area (Å²) < 4.78 is 15.5. The van der Waals surface area contributed by atoms with Gasteiger partial charge in [-0.25, -0.2) is 24.5 Å². The lowest BCUT2D eigenvalue weighted by Crippen LogP contribution is -2.32. The quantitative estimate of drug-likeness (QED) is 0.475. The van der Waals surface area contributed by atoms with Gasteiger partial charge in [-0.2, -0.15) is 4.98 Å². The number of benzene rings is 1. The van der Waals surface area contributed by atoms with E-state index in [9.17, 15) is 14.7 Å². The molecule has 0 aliphatic heterocycles. The molecule has 0 radical (unpaired) electrons. The number of hydrogen-bond acceptors (Lipinski definition) is 10. The number of aromatic nitrogens is 4. The molecule has 0 aliphatic carbocycles. The molecule has 2 heterocycles. The van der Waals surface area contributed by atoms with Crippen molar-refractivity contribution in [2.45, 2.75) is 12.5 Å². The average Bonchev–Trinajstić information content (AvgIpc) is 2.84. The molecular weight excluding hydrogens is 444 g/mol. The van der Waals surface area contributed by atoms with E-state index in [0.717, 1.165) is 0 Å². The van der Waals surface area contributed by atoms with Crippen molar-refractivity contribution in [2.75, 3.05) is 33.6 Å². The number of methoxy groups -OCH3 is 2. The lowest BCUT2D eigenvalue weighted by atomic mass is 10.0. The third-order valence-electron chi connectivity index (χ3n) is 4.65. The number of carbonyl (C=O) groups excluding carboxylic acids is 1. The lowest BCUT2D eigenvalue weighted by molar-refractivity contribution is -0.137. The van der Waals surface area contributed by atoms with E-state index in [0.29, 0.717) is 22.4 Å². The van der Waals surface area contributed by atoms with Crippen LogP contribution in [-0.2, 0) is 11.2 Å². The van der Waals surface area contributed by atoms with Crippen LogP contribution in [0.4, 0.5) is 10.6 Å². The number of carbonyl (C=O) groups is 2. The highest BCUT2D eigenvalue weighted by Gasteiger charge is 2.22. The van der Waals surface area contributed by atoms with Gasteiger partial charge in [-0.1, -0.05) is 12.1 Å². The number of hydrogen-bond donors (Lipinski definition) is 2. The van der Waals surface area contributed by atoms with E-state index < -0.39 is 18.1 Å². The van der Waals surface area contributed by atoms with Gasteiger partial charge in [0.05, 0.1) is 19.8 Å². The molecule has 2 N–H and O–H groups in total. The second kappa shape index (κ2) is 10.9. The van der Waals surface area contributed by atoms with Crippen molar-refractivity contribution in [1.29, 1.82) is 0 Å². The second-order valence-electron chi connectivity index (χ2n) is 7.21. The van der Waals surface area contributed by atoms with Crippen LogP contribution in [0.2, 0.25) is 0 Å². The fourth-order valence-electron chi connectivity index (χ4n) is 2.92. The summed E-state index contributed by atoms with van der Waals surface area (Å²) in [5, 5.41) is 12.8. The predicted molar refractivity (Wildman–Crippen MR) is 121 cm³/mol. The summed E-state index contributed by atoms with van der Waals surface area (Å²) in [6.45, 7) is 0. The van der Waals surface area contributed by atoms with Crippen LogP contribution in [0.1, 0.15) is 5.56 Å². The maximum atomic E-state index is 12.0. The first-order valence-corrected chi connectivity index (χ1v) is 10.0. The molecule has 1 atom stereocenters. The van der Waals surface area contributed by atoms with E-state index in [-0.39, 0.29) is 24.1 Å². The van der Waals surface area contributed by atoms with Gasteiger partial charge >= 0.3 is 18.1 Å². The zero-order chi connectivity index (χ0) is 24.7. The van der Waals surface area contributed by atoms with Gasteiger partial charge in [0.25, 0.3) is 0 Å². The molecule has 2 aromatic heterocycles. The van der Waals surface area contributed by atoms with Gasteiger partial charge in [-0.3, -0.25) is 0 Å². The van der Waals surface area contributed by atoms with Crippen LogP contribution in [0.25, 0.3) is 11.1 Å². The maximum Gasteiger partial charge on any atom is 0.414 e. The number of carboxylic acid groups (broad SMARTS) is 1. The molecule has 12 heteroatoms. The predicted octanol–water partition coefficient (Wildman–Crippen LogP) is 2.12. The van der Waals surface area contributed by atoms with Crippen LogP contribution in [0.5, 0.6) is 17.6 Å². The first-order chi connectivity index (χ1) is 16.3. The summed E-state index contributed by atoms with van der Waals surface area (Å²) in [7, 11) is 6.04. The van der Waals surface area contributed by atoms with Gasteiger partial charge in [0.2, 0.25) is 5.88 Å². The SMILES string of the molecule is COc1ncc(-c2cncnc2N[C@@H](Cc2ccc(OC(=O)N(C)C)cc2)C(=O)O)c(OC)n1. The molecule has 0 saturated carbocycles. The molecule has 1 amide bonds. The molecule has 0 spiro atoms. The molecule has 0 fully saturated rings. The summed E-state index contributed by atoms with van der Waals surface area (Å²) in [5.74, 6) is -0.233. The minimum absolute atomic E-state index is 0.120. The molecule has 178 valence electrons. The molecular formula is C22H24N6O6. The van der Waals surface area contributed by atoms with E-state index in [2.05, 4.69) is 25.3 Å². The van der Waals surface area contributed by atoms with Crippen molar-refractivity contribution in [3.8, 4) is 28.8 Å². The van der Waals surface area contributed by atoms with E-state index in [1.165, 1.54) is 37.8 Å². The number of carboxylic acids is 1. The summed E-state index contributed by atoms with van der Waals surface area (Å²) in [6.07, 6.45) is 3.92. The number of nitrogens with zero attached hydrogens (tertiary/aromatic N) is 5. The summed E-state index contributed by atoms with van der Waals surface area (Å²) in [6, 6.07) is 5.69. The monoisotopic (exact) mass is 468 g/mol. The number of ether oxygens (including phenoxy) is 3. The van der Waals surface area contributed by atoms with Crippen molar-refractivity contribution in [1.82, 2.24) is 24.8 Å². The topological polar surface area (TPSA) is 149 Å². The molecule has 3 aromatic rings.